The van der Waals surface area contributed by atoms with Gasteiger partial charge in [-0.25, -0.2) is 0 Å². The lowest BCUT2D eigenvalue weighted by molar-refractivity contribution is -0.122. The second-order valence-electron chi connectivity index (χ2n) is 5.16. The van der Waals surface area contributed by atoms with Crippen LogP contribution in [0.4, 0.5) is 5.69 Å². The van der Waals surface area contributed by atoms with E-state index < -0.39 is 0 Å². The summed E-state index contributed by atoms with van der Waals surface area (Å²) in [5, 5.41) is 2.83. The molecule has 4 heteroatoms. The SMILES string of the molecule is CC(C)CC(C)OCC(=O)Nc1ccccc1CN. The minimum atomic E-state index is -0.142. The molecule has 3 N–H and O–H groups in total. The van der Waals surface area contributed by atoms with Crippen molar-refractivity contribution in [3.8, 4) is 0 Å². The van der Waals surface area contributed by atoms with Crippen LogP contribution >= 0.6 is 0 Å². The van der Waals surface area contributed by atoms with Crippen LogP contribution in [0, 0.1) is 5.92 Å². The van der Waals surface area contributed by atoms with Gasteiger partial charge in [0, 0.05) is 12.2 Å². The highest BCUT2D eigenvalue weighted by Gasteiger charge is 2.10. The van der Waals surface area contributed by atoms with Crippen LogP contribution in [-0.2, 0) is 16.1 Å². The highest BCUT2D eigenvalue weighted by atomic mass is 16.5. The van der Waals surface area contributed by atoms with E-state index in [0.29, 0.717) is 12.5 Å². The Bertz CT molecular complexity index is 405. The number of nitrogens with one attached hydrogen (secondary N) is 1. The van der Waals surface area contributed by atoms with Crippen LogP contribution < -0.4 is 11.1 Å². The Morgan fingerprint density at radius 2 is 2.00 bits per heavy atom. The number of amides is 1. The molecule has 0 bridgehead atoms. The highest BCUT2D eigenvalue weighted by Crippen LogP contribution is 2.14. The summed E-state index contributed by atoms with van der Waals surface area (Å²) in [7, 11) is 0. The van der Waals surface area contributed by atoms with Gasteiger partial charge in [0.05, 0.1) is 6.10 Å². The number of hydrogen-bond donors (Lipinski definition) is 2. The minimum absolute atomic E-state index is 0.0762. The van der Waals surface area contributed by atoms with Gasteiger partial charge in [0.25, 0.3) is 0 Å². The van der Waals surface area contributed by atoms with Crippen molar-refractivity contribution in [1.29, 1.82) is 0 Å². The third-order valence-corrected chi connectivity index (χ3v) is 2.81. The van der Waals surface area contributed by atoms with Gasteiger partial charge in [-0.2, -0.15) is 0 Å². The Kier molecular flexibility index (Phi) is 6.53. The first-order valence-corrected chi connectivity index (χ1v) is 6.72. The summed E-state index contributed by atoms with van der Waals surface area (Å²) < 4.78 is 5.52. The molecule has 1 atom stereocenters. The molecule has 0 saturated heterocycles. The number of ether oxygens (including phenoxy) is 1. The molecule has 0 radical (unpaired) electrons. The Morgan fingerprint density at radius 1 is 1.32 bits per heavy atom. The predicted octanol–water partition coefficient (Wildman–Crippen LogP) is 2.54. The molecule has 1 aromatic rings. The summed E-state index contributed by atoms with van der Waals surface area (Å²) in [4.78, 5) is 11.8. The fourth-order valence-corrected chi connectivity index (χ4v) is 1.96. The third kappa shape index (κ3) is 5.85. The van der Waals surface area contributed by atoms with Gasteiger partial charge in [0.15, 0.2) is 0 Å². The van der Waals surface area contributed by atoms with Gasteiger partial charge in [-0.1, -0.05) is 32.0 Å². The average Bonchev–Trinajstić information content (AvgIpc) is 2.36. The lowest BCUT2D eigenvalue weighted by Gasteiger charge is -2.15. The minimum Gasteiger partial charge on any atom is -0.369 e. The van der Waals surface area contributed by atoms with E-state index in [4.69, 9.17) is 10.5 Å². The summed E-state index contributed by atoms with van der Waals surface area (Å²) in [6.07, 6.45) is 1.04. The Hall–Kier alpha value is -1.39. The maximum absolute atomic E-state index is 11.8. The number of para-hydroxylation sites is 1. The number of anilines is 1. The fraction of sp³-hybridized carbons (Fsp3) is 0.533. The van der Waals surface area contributed by atoms with Crippen LogP contribution in [-0.4, -0.2) is 18.6 Å². The van der Waals surface area contributed by atoms with Gasteiger partial charge in [0.1, 0.15) is 6.61 Å². The summed E-state index contributed by atoms with van der Waals surface area (Å²) in [6.45, 7) is 6.74. The molecule has 106 valence electrons. The summed E-state index contributed by atoms with van der Waals surface area (Å²) >= 11 is 0. The Morgan fingerprint density at radius 3 is 2.63 bits per heavy atom. The van der Waals surface area contributed by atoms with E-state index in [0.717, 1.165) is 17.7 Å². The number of nitrogens with two attached hydrogens (primary N) is 1. The maximum Gasteiger partial charge on any atom is 0.250 e. The zero-order chi connectivity index (χ0) is 14.3. The first kappa shape index (κ1) is 15.7. The quantitative estimate of drug-likeness (QED) is 0.795. The van der Waals surface area contributed by atoms with Gasteiger partial charge >= 0.3 is 0 Å². The third-order valence-electron chi connectivity index (χ3n) is 2.81. The van der Waals surface area contributed by atoms with Crippen molar-refractivity contribution < 1.29 is 9.53 Å². The number of hydrogen-bond acceptors (Lipinski definition) is 3. The van der Waals surface area contributed by atoms with E-state index in [1.165, 1.54) is 0 Å². The molecule has 0 spiro atoms. The van der Waals surface area contributed by atoms with Crippen LogP contribution in [0.1, 0.15) is 32.8 Å². The normalized spacial score (nSPS) is 12.5. The predicted molar refractivity (Wildman–Crippen MR) is 77.8 cm³/mol. The molecule has 0 aliphatic carbocycles. The van der Waals surface area contributed by atoms with Crippen molar-refractivity contribution in [3.05, 3.63) is 29.8 Å². The van der Waals surface area contributed by atoms with Gasteiger partial charge in [0.2, 0.25) is 5.91 Å². The molecule has 0 aliphatic heterocycles. The van der Waals surface area contributed by atoms with Gasteiger partial charge in [-0.05, 0) is 30.9 Å². The molecule has 0 saturated carbocycles. The topological polar surface area (TPSA) is 64.3 Å². The maximum atomic E-state index is 11.8. The summed E-state index contributed by atoms with van der Waals surface area (Å²) in [6, 6.07) is 7.52. The smallest absolute Gasteiger partial charge is 0.250 e. The van der Waals surface area contributed by atoms with E-state index in [9.17, 15) is 4.79 Å². The van der Waals surface area contributed by atoms with Crippen molar-refractivity contribution >= 4 is 11.6 Å². The summed E-state index contributed by atoms with van der Waals surface area (Å²) in [5.41, 5.74) is 7.30. The standard InChI is InChI=1S/C15H24N2O2/c1-11(2)8-12(3)19-10-15(18)17-14-7-5-4-6-13(14)9-16/h4-7,11-12H,8-10,16H2,1-3H3,(H,17,18). The van der Waals surface area contributed by atoms with Gasteiger partial charge in [-0.3, -0.25) is 4.79 Å². The largest absolute Gasteiger partial charge is 0.369 e. The molecule has 1 unspecified atom stereocenters. The molecule has 1 amide bonds. The van der Waals surface area contributed by atoms with Gasteiger partial charge in [-0.15, -0.1) is 0 Å². The number of carbonyl (C=O) groups excluding carboxylic acids is 1. The first-order chi connectivity index (χ1) is 9.02. The zero-order valence-electron chi connectivity index (χ0n) is 12.0. The first-order valence-electron chi connectivity index (χ1n) is 6.72. The number of carbonyl (C=O) groups is 1. The monoisotopic (exact) mass is 264 g/mol. The molecule has 1 aromatic carbocycles. The van der Waals surface area contributed by atoms with Crippen molar-refractivity contribution in [1.82, 2.24) is 0 Å². The van der Waals surface area contributed by atoms with Crippen molar-refractivity contribution in [2.45, 2.75) is 39.8 Å². The van der Waals surface area contributed by atoms with E-state index in [-0.39, 0.29) is 18.6 Å². The van der Waals surface area contributed by atoms with Crippen molar-refractivity contribution in [2.75, 3.05) is 11.9 Å². The molecule has 0 fully saturated rings. The van der Waals surface area contributed by atoms with E-state index >= 15 is 0 Å². The lowest BCUT2D eigenvalue weighted by atomic mass is 10.1. The fourth-order valence-electron chi connectivity index (χ4n) is 1.96. The molecular weight excluding hydrogens is 240 g/mol. The molecule has 0 heterocycles. The molecule has 4 nitrogen and oxygen atoms in total. The van der Waals surface area contributed by atoms with Gasteiger partial charge < -0.3 is 15.8 Å². The van der Waals surface area contributed by atoms with Crippen LogP contribution in [0.3, 0.4) is 0 Å². The Balaban J connectivity index is 2.43. The van der Waals surface area contributed by atoms with Crippen LogP contribution in [0.5, 0.6) is 0 Å². The molecule has 1 rings (SSSR count). The highest BCUT2D eigenvalue weighted by molar-refractivity contribution is 5.92. The van der Waals surface area contributed by atoms with E-state index in [2.05, 4.69) is 19.2 Å². The van der Waals surface area contributed by atoms with Crippen molar-refractivity contribution in [2.24, 2.45) is 11.7 Å². The second kappa shape index (κ2) is 7.92. The molecular formula is C15H24N2O2. The molecule has 19 heavy (non-hydrogen) atoms. The number of benzene rings is 1. The summed E-state index contributed by atoms with van der Waals surface area (Å²) in [5.74, 6) is 0.424. The number of rotatable bonds is 7. The van der Waals surface area contributed by atoms with E-state index in [1.807, 2.05) is 31.2 Å². The molecule has 0 aromatic heterocycles. The lowest BCUT2D eigenvalue weighted by Crippen LogP contribution is -2.23. The second-order valence-corrected chi connectivity index (χ2v) is 5.16. The Labute approximate surface area is 115 Å². The van der Waals surface area contributed by atoms with Crippen LogP contribution in [0.2, 0.25) is 0 Å². The zero-order valence-corrected chi connectivity index (χ0v) is 12.0. The molecule has 0 aliphatic rings. The average molecular weight is 264 g/mol. The van der Waals surface area contributed by atoms with E-state index in [1.54, 1.807) is 0 Å². The van der Waals surface area contributed by atoms with Crippen molar-refractivity contribution in [3.63, 3.8) is 0 Å². The van der Waals surface area contributed by atoms with Crippen LogP contribution in [0.15, 0.2) is 24.3 Å². The van der Waals surface area contributed by atoms with Crippen LogP contribution in [0.25, 0.3) is 0 Å².